The first-order valence-electron chi connectivity index (χ1n) is 5.61. The molecule has 0 radical (unpaired) electrons. The van der Waals surface area contributed by atoms with Crippen LogP contribution >= 0.6 is 0 Å². The summed E-state index contributed by atoms with van der Waals surface area (Å²) in [7, 11) is 1.58. The van der Waals surface area contributed by atoms with Gasteiger partial charge in [0.15, 0.2) is 0 Å². The van der Waals surface area contributed by atoms with E-state index < -0.39 is 6.29 Å². The van der Waals surface area contributed by atoms with Crippen LogP contribution in [-0.2, 0) is 14.2 Å². The number of ether oxygens (including phenoxy) is 3. The molecule has 0 bridgehead atoms. The van der Waals surface area contributed by atoms with Crippen molar-refractivity contribution in [2.75, 3.05) is 26.9 Å². The van der Waals surface area contributed by atoms with Gasteiger partial charge in [-0.3, -0.25) is 4.79 Å². The van der Waals surface area contributed by atoms with Crippen LogP contribution < -0.4 is 0 Å². The Kier molecular flexibility index (Phi) is 6.47. The molecular weight excluding hydrogens is 220 g/mol. The van der Waals surface area contributed by atoms with E-state index in [1.165, 1.54) is 0 Å². The molecule has 1 aromatic rings. The van der Waals surface area contributed by atoms with Crippen molar-refractivity contribution in [3.8, 4) is 0 Å². The molecule has 1 rings (SSSR count). The van der Waals surface area contributed by atoms with E-state index in [-0.39, 0.29) is 5.78 Å². The third-order valence-electron chi connectivity index (χ3n) is 2.15. The molecule has 0 aromatic heterocycles. The van der Waals surface area contributed by atoms with Gasteiger partial charge in [-0.2, -0.15) is 0 Å². The van der Waals surface area contributed by atoms with Gasteiger partial charge < -0.3 is 14.2 Å². The topological polar surface area (TPSA) is 44.8 Å². The van der Waals surface area contributed by atoms with Gasteiger partial charge in [0.1, 0.15) is 0 Å². The van der Waals surface area contributed by atoms with Crippen LogP contribution in [-0.4, -0.2) is 39.0 Å². The fourth-order valence-corrected chi connectivity index (χ4v) is 1.33. The van der Waals surface area contributed by atoms with E-state index >= 15 is 0 Å². The lowest BCUT2D eigenvalue weighted by Crippen LogP contribution is -2.29. The van der Waals surface area contributed by atoms with Crippen molar-refractivity contribution in [2.45, 2.75) is 13.2 Å². The van der Waals surface area contributed by atoms with E-state index in [0.717, 1.165) is 0 Å². The average molecular weight is 238 g/mol. The highest BCUT2D eigenvalue weighted by Gasteiger charge is 2.20. The van der Waals surface area contributed by atoms with Crippen molar-refractivity contribution in [1.29, 1.82) is 0 Å². The first-order chi connectivity index (χ1) is 8.29. The summed E-state index contributed by atoms with van der Waals surface area (Å²) < 4.78 is 15.5. The molecule has 0 aliphatic rings. The first kappa shape index (κ1) is 13.8. The van der Waals surface area contributed by atoms with E-state index in [9.17, 15) is 4.79 Å². The van der Waals surface area contributed by atoms with Crippen LogP contribution in [0.5, 0.6) is 0 Å². The minimum absolute atomic E-state index is 0.163. The molecule has 0 heterocycles. The Morgan fingerprint density at radius 3 is 2.47 bits per heavy atom. The van der Waals surface area contributed by atoms with Crippen LogP contribution in [0.4, 0.5) is 0 Å². The molecule has 1 aromatic carbocycles. The molecule has 0 amide bonds. The first-order valence-corrected chi connectivity index (χ1v) is 5.61. The summed E-state index contributed by atoms with van der Waals surface area (Å²) in [6.07, 6.45) is -0.849. The number of carbonyl (C=O) groups is 1. The number of carbonyl (C=O) groups excluding carboxylic acids is 1. The maximum Gasteiger partial charge on any atom is 0.222 e. The number of ketones is 1. The van der Waals surface area contributed by atoms with Gasteiger partial charge in [0.2, 0.25) is 12.1 Å². The normalized spacial score (nSPS) is 12.4. The van der Waals surface area contributed by atoms with E-state index in [2.05, 4.69) is 0 Å². The lowest BCUT2D eigenvalue weighted by Gasteiger charge is -2.16. The smallest absolute Gasteiger partial charge is 0.222 e. The molecule has 0 saturated carbocycles. The predicted octanol–water partition coefficient (Wildman–Crippen LogP) is 1.89. The molecule has 17 heavy (non-hydrogen) atoms. The number of hydrogen-bond donors (Lipinski definition) is 0. The summed E-state index contributed by atoms with van der Waals surface area (Å²) in [6, 6.07) is 8.97. The Morgan fingerprint density at radius 2 is 1.88 bits per heavy atom. The van der Waals surface area contributed by atoms with Crippen molar-refractivity contribution in [3.05, 3.63) is 35.9 Å². The third-order valence-corrected chi connectivity index (χ3v) is 2.15. The Hall–Kier alpha value is -1.23. The van der Waals surface area contributed by atoms with Crippen LogP contribution in [0, 0.1) is 0 Å². The molecule has 0 aliphatic carbocycles. The summed E-state index contributed by atoms with van der Waals surface area (Å²) in [6.45, 7) is 3.02. The van der Waals surface area contributed by atoms with Gasteiger partial charge in [-0.15, -0.1) is 0 Å². The number of rotatable bonds is 8. The van der Waals surface area contributed by atoms with E-state index in [0.29, 0.717) is 25.4 Å². The Labute approximate surface area is 101 Å². The fourth-order valence-electron chi connectivity index (χ4n) is 1.33. The second kappa shape index (κ2) is 7.95. The highest BCUT2D eigenvalue weighted by atomic mass is 16.7. The van der Waals surface area contributed by atoms with Gasteiger partial charge in [-0.25, -0.2) is 0 Å². The van der Waals surface area contributed by atoms with Crippen LogP contribution in [0.1, 0.15) is 17.3 Å². The predicted molar refractivity (Wildman–Crippen MR) is 64.0 cm³/mol. The van der Waals surface area contributed by atoms with Crippen molar-refractivity contribution in [1.82, 2.24) is 0 Å². The van der Waals surface area contributed by atoms with E-state index in [1.54, 1.807) is 19.2 Å². The van der Waals surface area contributed by atoms with Crippen LogP contribution in [0.25, 0.3) is 0 Å². The molecule has 4 nitrogen and oxygen atoms in total. The third kappa shape index (κ3) is 4.65. The second-order valence-corrected chi connectivity index (χ2v) is 3.38. The average Bonchev–Trinajstić information content (AvgIpc) is 2.38. The standard InChI is InChI=1S/C13H18O4/c1-3-16-13(17-10-9-15-2)12(14)11-7-5-4-6-8-11/h4-8,13H,3,9-10H2,1-2H3. The molecule has 4 heteroatoms. The van der Waals surface area contributed by atoms with Crippen molar-refractivity contribution >= 4 is 5.78 Å². The molecule has 1 unspecified atom stereocenters. The highest BCUT2D eigenvalue weighted by molar-refractivity contribution is 5.98. The zero-order valence-corrected chi connectivity index (χ0v) is 10.2. The van der Waals surface area contributed by atoms with Gasteiger partial charge in [-0.05, 0) is 6.92 Å². The Morgan fingerprint density at radius 1 is 1.18 bits per heavy atom. The lowest BCUT2D eigenvalue weighted by atomic mass is 10.1. The summed E-state index contributed by atoms with van der Waals surface area (Å²) in [4.78, 5) is 12.0. The van der Waals surface area contributed by atoms with Gasteiger partial charge in [-0.1, -0.05) is 30.3 Å². The van der Waals surface area contributed by atoms with Crippen LogP contribution in [0.15, 0.2) is 30.3 Å². The minimum Gasteiger partial charge on any atom is -0.382 e. The largest absolute Gasteiger partial charge is 0.382 e. The lowest BCUT2D eigenvalue weighted by molar-refractivity contribution is -0.118. The number of hydrogen-bond acceptors (Lipinski definition) is 4. The number of benzene rings is 1. The molecule has 0 aliphatic heterocycles. The molecule has 0 saturated heterocycles. The van der Waals surface area contributed by atoms with Crippen molar-refractivity contribution < 1.29 is 19.0 Å². The van der Waals surface area contributed by atoms with E-state index in [1.807, 2.05) is 25.1 Å². The van der Waals surface area contributed by atoms with Crippen molar-refractivity contribution in [2.24, 2.45) is 0 Å². The fraction of sp³-hybridized carbons (Fsp3) is 0.462. The SMILES string of the molecule is CCOC(OCCOC)C(=O)c1ccccc1. The maximum atomic E-state index is 12.0. The van der Waals surface area contributed by atoms with Gasteiger partial charge in [0, 0.05) is 19.3 Å². The Balaban J connectivity index is 2.60. The monoisotopic (exact) mass is 238 g/mol. The molecule has 94 valence electrons. The summed E-state index contributed by atoms with van der Waals surface area (Å²) in [5.74, 6) is -0.163. The number of methoxy groups -OCH3 is 1. The summed E-state index contributed by atoms with van der Waals surface area (Å²) in [5.41, 5.74) is 0.586. The zero-order valence-electron chi connectivity index (χ0n) is 10.2. The Bertz CT molecular complexity index is 323. The van der Waals surface area contributed by atoms with Gasteiger partial charge in [0.25, 0.3) is 0 Å². The number of Topliss-reactive ketones (excluding diaryl/α,β-unsaturated/α-hetero) is 1. The molecule has 0 fully saturated rings. The van der Waals surface area contributed by atoms with E-state index in [4.69, 9.17) is 14.2 Å². The molecule has 0 spiro atoms. The zero-order chi connectivity index (χ0) is 12.5. The van der Waals surface area contributed by atoms with Crippen LogP contribution in [0.3, 0.4) is 0 Å². The summed E-state index contributed by atoms with van der Waals surface area (Å²) >= 11 is 0. The highest BCUT2D eigenvalue weighted by Crippen LogP contribution is 2.07. The van der Waals surface area contributed by atoms with Gasteiger partial charge in [0.05, 0.1) is 13.2 Å². The minimum atomic E-state index is -0.849. The second-order valence-electron chi connectivity index (χ2n) is 3.38. The quantitative estimate of drug-likeness (QED) is 0.394. The molecule has 0 N–H and O–H groups in total. The molecular formula is C13H18O4. The van der Waals surface area contributed by atoms with Crippen molar-refractivity contribution in [3.63, 3.8) is 0 Å². The maximum absolute atomic E-state index is 12.0. The molecule has 1 atom stereocenters. The summed E-state index contributed by atoms with van der Waals surface area (Å²) in [5, 5.41) is 0. The van der Waals surface area contributed by atoms with Gasteiger partial charge >= 0.3 is 0 Å². The van der Waals surface area contributed by atoms with Crippen LogP contribution in [0.2, 0.25) is 0 Å².